The Morgan fingerprint density at radius 3 is 2.83 bits per heavy atom. The zero-order chi connectivity index (χ0) is 16.8. The summed E-state index contributed by atoms with van der Waals surface area (Å²) in [5.74, 6) is 1.20. The van der Waals surface area contributed by atoms with Crippen molar-refractivity contribution in [3.8, 4) is 0 Å². The van der Waals surface area contributed by atoms with Gasteiger partial charge in [-0.05, 0) is 6.07 Å². The van der Waals surface area contributed by atoms with Crippen molar-refractivity contribution in [2.75, 3.05) is 0 Å². The molecule has 10 heteroatoms. The summed E-state index contributed by atoms with van der Waals surface area (Å²) < 4.78 is 4.25. The van der Waals surface area contributed by atoms with Gasteiger partial charge in [0.1, 0.15) is 0 Å². The average molecular weight is 343 g/mol. The van der Waals surface area contributed by atoms with Gasteiger partial charge >= 0.3 is 5.69 Å². The lowest BCUT2D eigenvalue weighted by atomic mass is 10.5. The zero-order valence-corrected chi connectivity index (χ0v) is 13.7. The molecule has 1 N–H and O–H groups in total. The molecule has 122 valence electrons. The Bertz CT molecular complexity index is 1150. The molecule has 0 aliphatic rings. The Balaban J connectivity index is 1.67. The molecule has 4 aromatic rings. The summed E-state index contributed by atoms with van der Waals surface area (Å²) in [6.45, 7) is 0. The van der Waals surface area contributed by atoms with Gasteiger partial charge < -0.3 is 4.98 Å². The fourth-order valence-corrected chi connectivity index (χ4v) is 3.21. The summed E-state index contributed by atoms with van der Waals surface area (Å²) in [4.78, 5) is 40.0. The molecule has 0 aromatic carbocycles. The predicted octanol–water partition coefficient (Wildman–Crippen LogP) is 0.295. The number of aryl methyl sites for hydroxylation is 1. The van der Waals surface area contributed by atoms with E-state index >= 15 is 0 Å². The summed E-state index contributed by atoms with van der Waals surface area (Å²) in [5.41, 5.74) is 0.730. The summed E-state index contributed by atoms with van der Waals surface area (Å²) in [5, 5.41) is 0.563. The number of hydrogen-bond acceptors (Lipinski definition) is 6. The van der Waals surface area contributed by atoms with Gasteiger partial charge in [0, 0.05) is 38.4 Å². The molecule has 4 rings (SSSR count). The van der Waals surface area contributed by atoms with Crippen LogP contribution in [0.5, 0.6) is 0 Å². The van der Waals surface area contributed by atoms with E-state index in [1.807, 2.05) is 22.9 Å². The molecule has 0 fully saturated rings. The molecule has 0 saturated heterocycles. The van der Waals surface area contributed by atoms with Gasteiger partial charge in [0.2, 0.25) is 5.78 Å². The molecule has 0 aliphatic heterocycles. The Morgan fingerprint density at radius 1 is 1.21 bits per heavy atom. The van der Waals surface area contributed by atoms with Gasteiger partial charge in [-0.2, -0.15) is 0 Å². The molecule has 0 atom stereocenters. The van der Waals surface area contributed by atoms with Crippen LogP contribution in [0.1, 0.15) is 5.69 Å². The van der Waals surface area contributed by atoms with E-state index in [-0.39, 0.29) is 5.56 Å². The molecule has 4 heterocycles. The first-order chi connectivity index (χ1) is 11.5. The number of rotatable bonds is 3. The monoisotopic (exact) mass is 343 g/mol. The quantitative estimate of drug-likeness (QED) is 0.537. The van der Waals surface area contributed by atoms with Crippen molar-refractivity contribution in [2.45, 2.75) is 10.9 Å². The number of nitrogens with one attached hydrogen (secondary N) is 1. The van der Waals surface area contributed by atoms with Crippen LogP contribution in [0, 0.1) is 0 Å². The number of aromatic nitrogens is 7. The van der Waals surface area contributed by atoms with E-state index in [0.29, 0.717) is 27.9 Å². The molecular formula is C14H13N7O2S. The van der Waals surface area contributed by atoms with Crippen molar-refractivity contribution in [1.29, 1.82) is 0 Å². The van der Waals surface area contributed by atoms with Crippen LogP contribution in [0.15, 0.2) is 39.4 Å². The Labute approximate surface area is 139 Å². The summed E-state index contributed by atoms with van der Waals surface area (Å²) in [6.07, 6.45) is 5.46. The predicted molar refractivity (Wildman–Crippen MR) is 89.1 cm³/mol. The summed E-state index contributed by atoms with van der Waals surface area (Å²) >= 11 is 1.41. The number of fused-ring (bicyclic) bond motifs is 2. The molecule has 0 unspecified atom stereocenters. The highest BCUT2D eigenvalue weighted by Crippen LogP contribution is 2.21. The number of hydrogen-bond donors (Lipinski definition) is 1. The third-order valence-electron chi connectivity index (χ3n) is 3.72. The summed E-state index contributed by atoms with van der Waals surface area (Å²) in [6, 6.07) is 1.83. The van der Waals surface area contributed by atoms with Gasteiger partial charge in [0.15, 0.2) is 16.3 Å². The fraction of sp³-hybridized carbons (Fsp3) is 0.214. The van der Waals surface area contributed by atoms with Gasteiger partial charge in [-0.3, -0.25) is 18.3 Å². The normalized spacial score (nSPS) is 11.6. The highest BCUT2D eigenvalue weighted by molar-refractivity contribution is 7.98. The zero-order valence-electron chi connectivity index (χ0n) is 12.9. The second kappa shape index (κ2) is 5.34. The smallest absolute Gasteiger partial charge is 0.327 e. The maximum atomic E-state index is 12.2. The molecule has 0 saturated carbocycles. The van der Waals surface area contributed by atoms with Crippen LogP contribution in [0.25, 0.3) is 16.9 Å². The van der Waals surface area contributed by atoms with Crippen LogP contribution in [0.4, 0.5) is 0 Å². The SMILES string of the molecule is Cn1c(=O)c2[nH]c(SCc3cn4cccnc4n3)nc2n(C)c1=O. The number of thioether (sulfide) groups is 1. The molecule has 0 bridgehead atoms. The van der Waals surface area contributed by atoms with Gasteiger partial charge in [-0.15, -0.1) is 0 Å². The van der Waals surface area contributed by atoms with E-state index in [0.717, 1.165) is 10.3 Å². The Kier molecular flexibility index (Phi) is 3.27. The van der Waals surface area contributed by atoms with E-state index in [9.17, 15) is 9.59 Å². The van der Waals surface area contributed by atoms with Crippen LogP contribution in [-0.4, -0.2) is 33.5 Å². The minimum atomic E-state index is -0.401. The number of aromatic amines is 1. The molecule has 0 spiro atoms. The lowest BCUT2D eigenvalue weighted by Gasteiger charge is -2.00. The topological polar surface area (TPSA) is 103 Å². The first-order valence-corrected chi connectivity index (χ1v) is 8.10. The van der Waals surface area contributed by atoms with Crippen molar-refractivity contribution in [3.63, 3.8) is 0 Å². The molecule has 24 heavy (non-hydrogen) atoms. The molecule has 0 amide bonds. The van der Waals surface area contributed by atoms with Gasteiger partial charge in [-0.25, -0.2) is 19.7 Å². The molecule has 4 aromatic heterocycles. The fourth-order valence-electron chi connectivity index (χ4n) is 2.46. The summed E-state index contributed by atoms with van der Waals surface area (Å²) in [7, 11) is 3.04. The maximum absolute atomic E-state index is 12.2. The van der Waals surface area contributed by atoms with Gasteiger partial charge in [0.25, 0.3) is 5.56 Å². The van der Waals surface area contributed by atoms with E-state index in [4.69, 9.17) is 0 Å². The third kappa shape index (κ3) is 2.22. The average Bonchev–Trinajstić information content (AvgIpc) is 3.20. The van der Waals surface area contributed by atoms with Crippen LogP contribution < -0.4 is 11.2 Å². The third-order valence-corrected chi connectivity index (χ3v) is 4.62. The first-order valence-electron chi connectivity index (χ1n) is 7.12. The highest BCUT2D eigenvalue weighted by Gasteiger charge is 2.14. The van der Waals surface area contributed by atoms with Crippen molar-refractivity contribution >= 4 is 28.7 Å². The van der Waals surface area contributed by atoms with Crippen LogP contribution >= 0.6 is 11.8 Å². The largest absolute Gasteiger partial charge is 0.332 e. The second-order valence-electron chi connectivity index (χ2n) is 5.29. The maximum Gasteiger partial charge on any atom is 0.332 e. The molecule has 9 nitrogen and oxygen atoms in total. The minimum Gasteiger partial charge on any atom is -0.327 e. The molecular weight excluding hydrogens is 330 g/mol. The Morgan fingerprint density at radius 2 is 2.04 bits per heavy atom. The van der Waals surface area contributed by atoms with Gasteiger partial charge in [0.05, 0.1) is 5.69 Å². The minimum absolute atomic E-state index is 0.318. The van der Waals surface area contributed by atoms with E-state index in [2.05, 4.69) is 19.9 Å². The van der Waals surface area contributed by atoms with Crippen molar-refractivity contribution in [2.24, 2.45) is 14.1 Å². The lowest BCUT2D eigenvalue weighted by Crippen LogP contribution is -2.36. The van der Waals surface area contributed by atoms with E-state index in [1.54, 1.807) is 13.2 Å². The van der Waals surface area contributed by atoms with Crippen LogP contribution in [0.3, 0.4) is 0 Å². The standard InChI is InChI=1S/C14H13N7O2S/c1-19-10-9(11(22)20(2)14(19)23)17-13(18-10)24-7-8-6-21-5-3-4-15-12(21)16-8/h3-6H,7H2,1-2H3,(H,17,18). The number of H-pyrrole nitrogens is 1. The van der Waals surface area contributed by atoms with Crippen molar-refractivity contribution in [3.05, 3.63) is 51.2 Å². The van der Waals surface area contributed by atoms with Crippen molar-refractivity contribution < 1.29 is 0 Å². The molecule has 0 aliphatic carbocycles. The van der Waals surface area contributed by atoms with E-state index in [1.165, 1.54) is 23.4 Å². The highest BCUT2D eigenvalue weighted by atomic mass is 32.2. The van der Waals surface area contributed by atoms with Crippen LogP contribution in [0.2, 0.25) is 0 Å². The first kappa shape index (κ1) is 14.7. The molecule has 0 radical (unpaired) electrons. The van der Waals surface area contributed by atoms with E-state index < -0.39 is 5.69 Å². The number of nitrogens with zero attached hydrogens (tertiary/aromatic N) is 6. The van der Waals surface area contributed by atoms with Gasteiger partial charge in [-0.1, -0.05) is 11.8 Å². The number of imidazole rings is 2. The van der Waals surface area contributed by atoms with Crippen LogP contribution in [-0.2, 0) is 19.8 Å². The Hall–Kier alpha value is -2.88. The second-order valence-corrected chi connectivity index (χ2v) is 6.26. The lowest BCUT2D eigenvalue weighted by molar-refractivity contribution is 0.708. The van der Waals surface area contributed by atoms with Crippen molar-refractivity contribution in [1.82, 2.24) is 33.5 Å².